The van der Waals surface area contributed by atoms with Crippen LogP contribution in [-0.4, -0.2) is 17.9 Å². The van der Waals surface area contributed by atoms with Crippen molar-refractivity contribution in [2.75, 3.05) is 0 Å². The molecule has 1 N–H and O–H groups in total. The molecular formula is C21H21F2NO2. The minimum absolute atomic E-state index is 0.0773. The van der Waals surface area contributed by atoms with Gasteiger partial charge in [0.2, 0.25) is 5.91 Å². The Labute approximate surface area is 151 Å². The topological polar surface area (TPSA) is 38.3 Å². The summed E-state index contributed by atoms with van der Waals surface area (Å²) in [5.41, 5.74) is 2.60. The Morgan fingerprint density at radius 2 is 1.96 bits per heavy atom. The minimum atomic E-state index is -2.65. The molecule has 0 radical (unpaired) electrons. The lowest BCUT2D eigenvalue weighted by Crippen LogP contribution is -2.50. The highest BCUT2D eigenvalue weighted by Crippen LogP contribution is 2.37. The molecule has 2 aromatic carbocycles. The molecule has 1 fully saturated rings. The van der Waals surface area contributed by atoms with E-state index < -0.39 is 12.0 Å². The van der Waals surface area contributed by atoms with Gasteiger partial charge >= 0.3 is 0 Å². The summed E-state index contributed by atoms with van der Waals surface area (Å²) < 4.78 is 31.7. The van der Waals surface area contributed by atoms with Gasteiger partial charge in [-0.25, -0.2) is 8.78 Å². The maximum absolute atomic E-state index is 12.9. The summed E-state index contributed by atoms with van der Waals surface area (Å²) in [6, 6.07) is 14.8. The van der Waals surface area contributed by atoms with E-state index in [0.29, 0.717) is 17.9 Å². The number of halogens is 2. The summed E-state index contributed by atoms with van der Waals surface area (Å²) >= 11 is 0. The smallest absolute Gasteiger partial charge is 0.252 e. The summed E-state index contributed by atoms with van der Waals surface area (Å²) in [4.78, 5) is 12.2. The fraction of sp³-hybridized carbons (Fsp3) is 0.286. The molecule has 1 saturated carbocycles. The SMILES string of the molecule is C=Cc1ccc(OCc2ccccc2)c(CC(=O)NC2CC(F)(F)C2)c1. The third kappa shape index (κ3) is 4.69. The molecule has 0 unspecified atom stereocenters. The lowest BCUT2D eigenvalue weighted by molar-refractivity contribution is -0.128. The van der Waals surface area contributed by atoms with Crippen molar-refractivity contribution < 1.29 is 18.3 Å². The Morgan fingerprint density at radius 1 is 1.23 bits per heavy atom. The van der Waals surface area contributed by atoms with Crippen LogP contribution in [0, 0.1) is 0 Å². The average Bonchev–Trinajstić information content (AvgIpc) is 2.59. The van der Waals surface area contributed by atoms with Crippen molar-refractivity contribution in [2.24, 2.45) is 0 Å². The molecule has 2 aromatic rings. The molecule has 1 aliphatic rings. The number of hydrogen-bond acceptors (Lipinski definition) is 2. The van der Waals surface area contributed by atoms with E-state index in [9.17, 15) is 13.6 Å². The van der Waals surface area contributed by atoms with Crippen LogP contribution in [0.5, 0.6) is 5.75 Å². The number of nitrogens with one attached hydrogen (secondary N) is 1. The first-order valence-electron chi connectivity index (χ1n) is 8.54. The Balaban J connectivity index is 1.66. The van der Waals surface area contributed by atoms with Crippen LogP contribution in [0.3, 0.4) is 0 Å². The summed E-state index contributed by atoms with van der Waals surface area (Å²) in [6.07, 6.45) is 1.19. The van der Waals surface area contributed by atoms with Crippen molar-refractivity contribution in [3.8, 4) is 5.75 Å². The van der Waals surface area contributed by atoms with Crippen LogP contribution < -0.4 is 10.1 Å². The van der Waals surface area contributed by atoms with Gasteiger partial charge in [0.1, 0.15) is 12.4 Å². The zero-order valence-corrected chi connectivity index (χ0v) is 14.4. The molecule has 0 aliphatic heterocycles. The Kier molecular flexibility index (Phi) is 5.35. The van der Waals surface area contributed by atoms with Crippen LogP contribution in [0.25, 0.3) is 6.08 Å². The molecule has 1 aliphatic carbocycles. The van der Waals surface area contributed by atoms with E-state index in [1.54, 1.807) is 12.1 Å². The Bertz CT molecular complexity index is 782. The number of rotatable bonds is 7. The number of ether oxygens (including phenoxy) is 1. The highest BCUT2D eigenvalue weighted by molar-refractivity contribution is 5.80. The predicted octanol–water partition coefficient (Wildman–Crippen LogP) is 4.37. The van der Waals surface area contributed by atoms with E-state index in [4.69, 9.17) is 4.74 Å². The highest BCUT2D eigenvalue weighted by Gasteiger charge is 2.45. The van der Waals surface area contributed by atoms with Crippen molar-refractivity contribution in [3.63, 3.8) is 0 Å². The summed E-state index contributed by atoms with van der Waals surface area (Å²) in [7, 11) is 0. The predicted molar refractivity (Wildman–Crippen MR) is 97.1 cm³/mol. The lowest BCUT2D eigenvalue weighted by Gasteiger charge is -2.35. The third-order valence-electron chi connectivity index (χ3n) is 4.36. The van der Waals surface area contributed by atoms with E-state index >= 15 is 0 Å². The van der Waals surface area contributed by atoms with Crippen LogP contribution in [0.4, 0.5) is 8.78 Å². The second kappa shape index (κ2) is 7.68. The minimum Gasteiger partial charge on any atom is -0.489 e. The number of amides is 1. The lowest BCUT2D eigenvalue weighted by atomic mass is 9.88. The van der Waals surface area contributed by atoms with Gasteiger partial charge in [-0.3, -0.25) is 4.79 Å². The van der Waals surface area contributed by atoms with Crippen molar-refractivity contribution in [2.45, 2.75) is 37.8 Å². The second-order valence-corrected chi connectivity index (χ2v) is 6.55. The fourth-order valence-corrected chi connectivity index (χ4v) is 2.96. The van der Waals surface area contributed by atoms with Gasteiger partial charge in [-0.05, 0) is 23.3 Å². The number of alkyl halides is 2. The molecule has 3 nitrogen and oxygen atoms in total. The van der Waals surface area contributed by atoms with Crippen LogP contribution in [-0.2, 0) is 17.8 Å². The summed E-state index contributed by atoms with van der Waals surface area (Å²) in [5, 5.41) is 2.66. The molecule has 0 saturated heterocycles. The van der Waals surface area contributed by atoms with Gasteiger partial charge in [-0.15, -0.1) is 0 Å². The second-order valence-electron chi connectivity index (χ2n) is 6.55. The first kappa shape index (κ1) is 18.1. The van der Waals surface area contributed by atoms with Crippen molar-refractivity contribution >= 4 is 12.0 Å². The zero-order chi connectivity index (χ0) is 18.6. The molecule has 5 heteroatoms. The van der Waals surface area contributed by atoms with Gasteiger partial charge in [0.25, 0.3) is 5.92 Å². The molecule has 3 rings (SSSR count). The quantitative estimate of drug-likeness (QED) is 0.799. The molecule has 136 valence electrons. The molecule has 26 heavy (non-hydrogen) atoms. The van der Waals surface area contributed by atoms with Gasteiger partial charge in [0.05, 0.1) is 6.42 Å². The van der Waals surface area contributed by atoms with E-state index in [0.717, 1.165) is 11.1 Å². The molecule has 0 bridgehead atoms. The van der Waals surface area contributed by atoms with E-state index in [-0.39, 0.29) is 25.2 Å². The zero-order valence-electron chi connectivity index (χ0n) is 14.4. The largest absolute Gasteiger partial charge is 0.489 e. The van der Waals surface area contributed by atoms with Gasteiger partial charge in [-0.2, -0.15) is 0 Å². The normalized spacial score (nSPS) is 15.8. The van der Waals surface area contributed by atoms with Crippen LogP contribution >= 0.6 is 0 Å². The van der Waals surface area contributed by atoms with Gasteiger partial charge in [0.15, 0.2) is 0 Å². The fourth-order valence-electron chi connectivity index (χ4n) is 2.96. The Hall–Kier alpha value is -2.69. The molecule has 0 aromatic heterocycles. The van der Waals surface area contributed by atoms with Gasteiger partial charge in [-0.1, -0.05) is 49.1 Å². The first-order valence-corrected chi connectivity index (χ1v) is 8.54. The summed E-state index contributed by atoms with van der Waals surface area (Å²) in [6.45, 7) is 4.12. The van der Waals surface area contributed by atoms with E-state index in [1.807, 2.05) is 42.5 Å². The highest BCUT2D eigenvalue weighted by atomic mass is 19.3. The molecule has 0 spiro atoms. The van der Waals surface area contributed by atoms with E-state index in [1.165, 1.54) is 0 Å². The Morgan fingerprint density at radius 3 is 2.62 bits per heavy atom. The maximum Gasteiger partial charge on any atom is 0.252 e. The van der Waals surface area contributed by atoms with Gasteiger partial charge in [0, 0.05) is 24.4 Å². The van der Waals surface area contributed by atoms with Crippen LogP contribution in [0.1, 0.15) is 29.5 Å². The standard InChI is InChI=1S/C21H21F2NO2/c1-2-15-8-9-19(26-14-16-6-4-3-5-7-16)17(10-15)11-20(25)24-18-12-21(22,23)13-18/h2-10,18H,1,11-14H2,(H,24,25). The van der Waals surface area contributed by atoms with Crippen LogP contribution in [0.2, 0.25) is 0 Å². The van der Waals surface area contributed by atoms with Crippen LogP contribution in [0.15, 0.2) is 55.1 Å². The van der Waals surface area contributed by atoms with Crippen molar-refractivity contribution in [1.82, 2.24) is 5.32 Å². The third-order valence-corrected chi connectivity index (χ3v) is 4.36. The number of benzene rings is 2. The number of carbonyl (C=O) groups is 1. The first-order chi connectivity index (χ1) is 12.4. The summed E-state index contributed by atoms with van der Waals surface area (Å²) in [5.74, 6) is -2.32. The number of carbonyl (C=O) groups excluding carboxylic acids is 1. The maximum atomic E-state index is 12.9. The van der Waals surface area contributed by atoms with Gasteiger partial charge < -0.3 is 10.1 Å². The van der Waals surface area contributed by atoms with E-state index in [2.05, 4.69) is 11.9 Å². The average molecular weight is 357 g/mol. The molecule has 0 heterocycles. The number of hydrogen-bond donors (Lipinski definition) is 1. The molecule has 0 atom stereocenters. The molecule has 1 amide bonds. The monoisotopic (exact) mass is 357 g/mol. The van der Waals surface area contributed by atoms with Crippen molar-refractivity contribution in [1.29, 1.82) is 0 Å². The molecular weight excluding hydrogens is 336 g/mol. The van der Waals surface area contributed by atoms with Crippen molar-refractivity contribution in [3.05, 3.63) is 71.8 Å².